The number of nitrogens with zero attached hydrogens (tertiary/aromatic N) is 4. The van der Waals surface area contributed by atoms with Gasteiger partial charge in [0.2, 0.25) is 5.88 Å². The van der Waals surface area contributed by atoms with Gasteiger partial charge in [-0.3, -0.25) is 9.78 Å². The molecule has 166 valence electrons. The van der Waals surface area contributed by atoms with E-state index in [0.29, 0.717) is 35.1 Å². The van der Waals surface area contributed by atoms with Crippen LogP contribution in [0.4, 0.5) is 0 Å². The third-order valence-electron chi connectivity index (χ3n) is 4.70. The smallest absolute Gasteiger partial charge is 0.272 e. The first-order chi connectivity index (χ1) is 16.2. The molecule has 0 aliphatic heterocycles. The Kier molecular flexibility index (Phi) is 6.75. The van der Waals surface area contributed by atoms with Gasteiger partial charge in [-0.1, -0.05) is 18.2 Å². The molecule has 4 aromatic rings. The van der Waals surface area contributed by atoms with Crippen LogP contribution in [-0.4, -0.2) is 33.5 Å². The highest BCUT2D eigenvalue weighted by molar-refractivity contribution is 5.94. The van der Waals surface area contributed by atoms with Gasteiger partial charge in [0, 0.05) is 12.4 Å². The second kappa shape index (κ2) is 10.2. The molecule has 0 radical (unpaired) electrons. The largest absolute Gasteiger partial charge is 0.494 e. The first kappa shape index (κ1) is 21.8. The summed E-state index contributed by atoms with van der Waals surface area (Å²) < 4.78 is 13.4. The number of aromatic nitrogens is 3. The summed E-state index contributed by atoms with van der Waals surface area (Å²) >= 11 is 0. The molecule has 0 bridgehead atoms. The Morgan fingerprint density at radius 1 is 1.06 bits per heavy atom. The van der Waals surface area contributed by atoms with Crippen LogP contribution in [0.25, 0.3) is 5.69 Å². The standard InChI is InChI=1S/C25H23N5O3/c1-3-32-21-11-13-22(14-12-21)33-25-23(17-27-28-24(31)19-8-7-15-26-16-19)18(2)29-30(25)20-9-5-4-6-10-20/h4-17H,3H2,1-2H3,(H,28,31)/b27-17-. The van der Waals surface area contributed by atoms with E-state index in [1.165, 1.54) is 12.4 Å². The molecule has 33 heavy (non-hydrogen) atoms. The van der Waals surface area contributed by atoms with Crippen molar-refractivity contribution in [2.24, 2.45) is 5.10 Å². The number of hydrazone groups is 1. The molecule has 0 fully saturated rings. The van der Waals surface area contributed by atoms with Crippen molar-refractivity contribution >= 4 is 12.1 Å². The Hall–Kier alpha value is -4.46. The zero-order valence-corrected chi connectivity index (χ0v) is 18.3. The Morgan fingerprint density at radius 3 is 2.52 bits per heavy atom. The fraction of sp³-hybridized carbons (Fsp3) is 0.120. The molecule has 1 N–H and O–H groups in total. The predicted molar refractivity (Wildman–Crippen MR) is 125 cm³/mol. The molecule has 0 aliphatic carbocycles. The second-order valence-electron chi connectivity index (χ2n) is 7.00. The fourth-order valence-corrected chi connectivity index (χ4v) is 3.11. The molecule has 0 saturated carbocycles. The molecule has 2 aromatic heterocycles. The van der Waals surface area contributed by atoms with Crippen molar-refractivity contribution in [2.75, 3.05) is 6.61 Å². The highest BCUT2D eigenvalue weighted by Crippen LogP contribution is 2.30. The van der Waals surface area contributed by atoms with Crippen LogP contribution in [0.5, 0.6) is 17.4 Å². The van der Waals surface area contributed by atoms with Crippen LogP contribution in [0.2, 0.25) is 0 Å². The van der Waals surface area contributed by atoms with E-state index in [1.807, 2.05) is 68.4 Å². The van der Waals surface area contributed by atoms with Crippen molar-refractivity contribution in [3.8, 4) is 23.1 Å². The molecule has 0 atom stereocenters. The Bertz CT molecular complexity index is 1240. The van der Waals surface area contributed by atoms with Gasteiger partial charge in [0.15, 0.2) is 0 Å². The number of hydrogen-bond donors (Lipinski definition) is 1. The number of hydrogen-bond acceptors (Lipinski definition) is 6. The number of nitrogens with one attached hydrogen (secondary N) is 1. The predicted octanol–water partition coefficient (Wildman–Crippen LogP) is 4.53. The van der Waals surface area contributed by atoms with Crippen molar-refractivity contribution in [2.45, 2.75) is 13.8 Å². The maximum Gasteiger partial charge on any atom is 0.272 e. The number of para-hydroxylation sites is 1. The summed E-state index contributed by atoms with van der Waals surface area (Å²) in [6.07, 6.45) is 4.61. The molecule has 8 heteroatoms. The van der Waals surface area contributed by atoms with E-state index in [9.17, 15) is 4.79 Å². The van der Waals surface area contributed by atoms with Gasteiger partial charge in [-0.05, 0) is 62.4 Å². The Balaban J connectivity index is 1.64. The van der Waals surface area contributed by atoms with Crippen LogP contribution >= 0.6 is 0 Å². The number of amides is 1. The topological polar surface area (TPSA) is 90.6 Å². The summed E-state index contributed by atoms with van der Waals surface area (Å²) in [6.45, 7) is 4.38. The molecule has 2 aromatic carbocycles. The minimum absolute atomic E-state index is 0.360. The average Bonchev–Trinajstić information content (AvgIpc) is 3.16. The summed E-state index contributed by atoms with van der Waals surface area (Å²) in [5.41, 5.74) is 5.10. The van der Waals surface area contributed by atoms with Crippen LogP contribution in [-0.2, 0) is 0 Å². The van der Waals surface area contributed by atoms with Crippen LogP contribution in [0.3, 0.4) is 0 Å². The molecule has 1 amide bonds. The van der Waals surface area contributed by atoms with Crippen molar-refractivity contribution < 1.29 is 14.3 Å². The van der Waals surface area contributed by atoms with Crippen molar-refractivity contribution in [1.29, 1.82) is 0 Å². The summed E-state index contributed by atoms with van der Waals surface area (Å²) in [6, 6.07) is 20.3. The molecule has 0 saturated heterocycles. The SMILES string of the molecule is CCOc1ccc(Oc2c(/C=N\NC(=O)c3cccnc3)c(C)nn2-c2ccccc2)cc1. The van der Waals surface area contributed by atoms with Gasteiger partial charge in [0.05, 0.1) is 35.3 Å². The van der Waals surface area contributed by atoms with E-state index < -0.39 is 0 Å². The van der Waals surface area contributed by atoms with Gasteiger partial charge < -0.3 is 9.47 Å². The number of pyridine rings is 1. The third-order valence-corrected chi connectivity index (χ3v) is 4.70. The number of benzene rings is 2. The van der Waals surface area contributed by atoms with E-state index in [0.717, 1.165) is 11.4 Å². The fourth-order valence-electron chi connectivity index (χ4n) is 3.11. The normalized spacial score (nSPS) is 10.8. The van der Waals surface area contributed by atoms with E-state index in [4.69, 9.17) is 9.47 Å². The molecule has 0 unspecified atom stereocenters. The lowest BCUT2D eigenvalue weighted by Gasteiger charge is -2.11. The van der Waals surface area contributed by atoms with Gasteiger partial charge in [0.25, 0.3) is 5.91 Å². The highest BCUT2D eigenvalue weighted by Gasteiger charge is 2.18. The van der Waals surface area contributed by atoms with Gasteiger partial charge in [-0.15, -0.1) is 0 Å². The van der Waals surface area contributed by atoms with Crippen LogP contribution in [0.15, 0.2) is 84.2 Å². The first-order valence-electron chi connectivity index (χ1n) is 10.4. The molecule has 0 aliphatic rings. The van der Waals surface area contributed by atoms with Crippen molar-refractivity contribution in [3.63, 3.8) is 0 Å². The minimum Gasteiger partial charge on any atom is -0.494 e. The zero-order chi connectivity index (χ0) is 23.0. The first-order valence-corrected chi connectivity index (χ1v) is 10.4. The van der Waals surface area contributed by atoms with E-state index in [1.54, 1.807) is 23.0 Å². The van der Waals surface area contributed by atoms with Gasteiger partial charge in [-0.25, -0.2) is 5.43 Å². The van der Waals surface area contributed by atoms with Gasteiger partial charge in [-0.2, -0.15) is 14.9 Å². The summed E-state index contributed by atoms with van der Waals surface area (Å²) in [5, 5.41) is 8.75. The lowest BCUT2D eigenvalue weighted by molar-refractivity contribution is 0.0954. The van der Waals surface area contributed by atoms with Crippen LogP contribution in [0.1, 0.15) is 28.5 Å². The lowest BCUT2D eigenvalue weighted by Crippen LogP contribution is -2.17. The van der Waals surface area contributed by atoms with Gasteiger partial charge in [0.1, 0.15) is 11.5 Å². The summed E-state index contributed by atoms with van der Waals surface area (Å²) in [5.74, 6) is 1.49. The molecule has 0 spiro atoms. The number of ether oxygens (including phenoxy) is 2. The molecular formula is C25H23N5O3. The molecular weight excluding hydrogens is 418 g/mol. The zero-order valence-electron chi connectivity index (χ0n) is 18.3. The number of rotatable bonds is 8. The third kappa shape index (κ3) is 5.24. The molecule has 2 heterocycles. The highest BCUT2D eigenvalue weighted by atomic mass is 16.5. The monoisotopic (exact) mass is 441 g/mol. The number of carbonyl (C=O) groups is 1. The number of carbonyl (C=O) groups excluding carboxylic acids is 1. The maximum atomic E-state index is 12.3. The summed E-state index contributed by atoms with van der Waals surface area (Å²) in [4.78, 5) is 16.2. The second-order valence-corrected chi connectivity index (χ2v) is 7.00. The molecule has 4 rings (SSSR count). The maximum absolute atomic E-state index is 12.3. The Morgan fingerprint density at radius 2 is 1.82 bits per heavy atom. The lowest BCUT2D eigenvalue weighted by atomic mass is 10.2. The van der Waals surface area contributed by atoms with E-state index >= 15 is 0 Å². The minimum atomic E-state index is -0.360. The van der Waals surface area contributed by atoms with Gasteiger partial charge >= 0.3 is 0 Å². The number of aryl methyl sites for hydroxylation is 1. The molecule has 8 nitrogen and oxygen atoms in total. The van der Waals surface area contributed by atoms with E-state index in [2.05, 4.69) is 20.6 Å². The quantitative estimate of drug-likeness (QED) is 0.320. The van der Waals surface area contributed by atoms with Crippen molar-refractivity contribution in [1.82, 2.24) is 20.2 Å². The van der Waals surface area contributed by atoms with Crippen molar-refractivity contribution in [3.05, 3.63) is 95.9 Å². The average molecular weight is 441 g/mol. The van der Waals surface area contributed by atoms with Crippen LogP contribution in [0, 0.1) is 6.92 Å². The summed E-state index contributed by atoms with van der Waals surface area (Å²) in [7, 11) is 0. The van der Waals surface area contributed by atoms with E-state index in [-0.39, 0.29) is 5.91 Å². The Labute approximate surface area is 191 Å². The van der Waals surface area contributed by atoms with Crippen LogP contribution < -0.4 is 14.9 Å².